The first kappa shape index (κ1) is 31.2. The van der Waals surface area contributed by atoms with Crippen LogP contribution in [0, 0.1) is 5.92 Å². The van der Waals surface area contributed by atoms with Gasteiger partial charge in [-0.3, -0.25) is 19.3 Å². The largest absolute Gasteiger partial charge is 0.350 e. The summed E-state index contributed by atoms with van der Waals surface area (Å²) in [7, 11) is 0. The number of nitrogens with one attached hydrogen (secondary N) is 3. The first-order valence-electron chi connectivity index (χ1n) is 15.6. The van der Waals surface area contributed by atoms with Gasteiger partial charge in [0.05, 0.1) is 15.2 Å². The Morgan fingerprint density at radius 1 is 1.05 bits per heavy atom. The van der Waals surface area contributed by atoms with Gasteiger partial charge in [-0.2, -0.15) is 0 Å². The summed E-state index contributed by atoms with van der Waals surface area (Å²) in [6.07, 6.45) is 14.4. The Hall–Kier alpha value is -2.78. The van der Waals surface area contributed by atoms with Gasteiger partial charge in [0.15, 0.2) is 0 Å². The molecule has 3 amide bonds. The van der Waals surface area contributed by atoms with Crippen LogP contribution in [0.15, 0.2) is 30.4 Å². The van der Waals surface area contributed by atoms with Crippen molar-refractivity contribution in [2.75, 3.05) is 26.2 Å². The van der Waals surface area contributed by atoms with Crippen LogP contribution in [0.4, 0.5) is 0 Å². The zero-order valence-corrected chi connectivity index (χ0v) is 25.6. The van der Waals surface area contributed by atoms with E-state index in [-0.39, 0.29) is 23.8 Å². The van der Waals surface area contributed by atoms with Crippen LogP contribution in [0.2, 0.25) is 0 Å². The minimum Gasteiger partial charge on any atom is -0.350 e. The number of aromatic nitrogens is 1. The lowest BCUT2D eigenvalue weighted by Crippen LogP contribution is -2.55. The molecule has 1 aliphatic carbocycles. The number of carbonyl (C=O) groups is 3. The molecule has 9 heteroatoms. The third-order valence-corrected chi connectivity index (χ3v) is 9.42. The molecule has 2 heterocycles. The van der Waals surface area contributed by atoms with E-state index < -0.39 is 6.04 Å². The van der Waals surface area contributed by atoms with Crippen LogP contribution in [0.3, 0.4) is 0 Å². The molecule has 3 N–H and O–H groups in total. The van der Waals surface area contributed by atoms with Gasteiger partial charge in [-0.05, 0) is 68.8 Å². The molecule has 41 heavy (non-hydrogen) atoms. The number of fused-ring (bicyclic) bond motifs is 1. The van der Waals surface area contributed by atoms with Crippen molar-refractivity contribution in [1.29, 1.82) is 0 Å². The molecule has 0 radical (unpaired) electrons. The number of benzene rings is 1. The van der Waals surface area contributed by atoms with Gasteiger partial charge in [0.1, 0.15) is 6.04 Å². The first-order chi connectivity index (χ1) is 19.9. The van der Waals surface area contributed by atoms with Gasteiger partial charge in [0.2, 0.25) is 17.7 Å². The smallest absolute Gasteiger partial charge is 0.243 e. The van der Waals surface area contributed by atoms with Crippen LogP contribution in [-0.2, 0) is 27.2 Å². The summed E-state index contributed by atoms with van der Waals surface area (Å²) in [6.45, 7) is 7.26. The Labute approximate surface area is 248 Å². The van der Waals surface area contributed by atoms with Crippen molar-refractivity contribution in [2.24, 2.45) is 5.92 Å². The number of hydrogen-bond acceptors (Lipinski definition) is 6. The highest BCUT2D eigenvalue weighted by atomic mass is 32.1. The van der Waals surface area contributed by atoms with E-state index in [0.717, 1.165) is 67.0 Å². The van der Waals surface area contributed by atoms with Gasteiger partial charge in [0, 0.05) is 38.0 Å². The lowest BCUT2D eigenvalue weighted by Gasteiger charge is -2.32. The van der Waals surface area contributed by atoms with Gasteiger partial charge < -0.3 is 16.0 Å². The average Bonchev–Trinajstić information content (AvgIpc) is 3.41. The number of amides is 3. The van der Waals surface area contributed by atoms with E-state index >= 15 is 0 Å². The molecule has 0 bridgehead atoms. The molecule has 4 rings (SSSR count). The summed E-state index contributed by atoms with van der Waals surface area (Å²) in [5.41, 5.74) is 2.17. The summed E-state index contributed by atoms with van der Waals surface area (Å²) < 4.78 is 1.09. The Morgan fingerprint density at radius 2 is 1.80 bits per heavy atom. The standard InChI is InChI=1S/C32H47N5O3S/c1-3-23-15-16-25-28(20-23)41-31(35-25)21-26(34-29(38)4-2)32(40)36-27(24-12-7-5-8-13-24)22-33-30(39)14-11-19-37-17-9-6-10-18-37/h11,14-16,20,24,26-27H,3-10,12-13,17-19,21-22H2,1-2H3,(H,33,39)(H,34,38)(H,36,40)/b14-11+/t26-,27+/m0/s1. The van der Waals surface area contributed by atoms with Crippen LogP contribution >= 0.6 is 11.3 Å². The van der Waals surface area contributed by atoms with Crippen molar-refractivity contribution in [3.05, 3.63) is 40.9 Å². The van der Waals surface area contributed by atoms with E-state index in [2.05, 4.69) is 39.9 Å². The maximum absolute atomic E-state index is 13.7. The topological polar surface area (TPSA) is 103 Å². The van der Waals surface area contributed by atoms with Crippen molar-refractivity contribution in [1.82, 2.24) is 25.8 Å². The van der Waals surface area contributed by atoms with Gasteiger partial charge in [-0.25, -0.2) is 4.98 Å². The van der Waals surface area contributed by atoms with E-state index in [1.54, 1.807) is 24.3 Å². The monoisotopic (exact) mass is 581 g/mol. The van der Waals surface area contributed by atoms with Crippen LogP contribution in [0.1, 0.15) is 82.2 Å². The number of carbonyl (C=O) groups excluding carboxylic acids is 3. The Kier molecular flexibility index (Phi) is 12.2. The molecule has 1 saturated heterocycles. The molecule has 1 aliphatic heterocycles. The fraction of sp³-hybridized carbons (Fsp3) is 0.625. The molecule has 1 saturated carbocycles. The zero-order chi connectivity index (χ0) is 29.0. The highest BCUT2D eigenvalue weighted by Crippen LogP contribution is 2.27. The van der Waals surface area contributed by atoms with E-state index in [9.17, 15) is 14.4 Å². The second-order valence-electron chi connectivity index (χ2n) is 11.5. The highest BCUT2D eigenvalue weighted by Gasteiger charge is 2.29. The second kappa shape index (κ2) is 16.0. The predicted octanol–water partition coefficient (Wildman–Crippen LogP) is 4.52. The number of rotatable bonds is 13. The molecular formula is C32H47N5O3S. The van der Waals surface area contributed by atoms with Crippen molar-refractivity contribution in [3.63, 3.8) is 0 Å². The minimum atomic E-state index is -0.722. The van der Waals surface area contributed by atoms with Gasteiger partial charge >= 0.3 is 0 Å². The second-order valence-corrected chi connectivity index (χ2v) is 12.6. The summed E-state index contributed by atoms with van der Waals surface area (Å²) in [6, 6.07) is 5.35. The van der Waals surface area contributed by atoms with Crippen LogP contribution < -0.4 is 16.0 Å². The van der Waals surface area contributed by atoms with Gasteiger partial charge in [-0.1, -0.05) is 51.7 Å². The molecule has 2 atom stereocenters. The summed E-state index contributed by atoms with van der Waals surface area (Å²) in [4.78, 5) is 45.9. The number of piperidine rings is 1. The highest BCUT2D eigenvalue weighted by molar-refractivity contribution is 7.18. The van der Waals surface area contributed by atoms with Crippen LogP contribution in [0.5, 0.6) is 0 Å². The quantitative estimate of drug-likeness (QED) is 0.302. The van der Waals surface area contributed by atoms with E-state index in [1.165, 1.54) is 31.2 Å². The molecule has 0 spiro atoms. The molecule has 8 nitrogen and oxygen atoms in total. The molecule has 1 aromatic carbocycles. The summed E-state index contributed by atoms with van der Waals surface area (Å²) in [5, 5.41) is 10.0. The number of thiazole rings is 1. The molecular weight excluding hydrogens is 534 g/mol. The number of hydrogen-bond donors (Lipinski definition) is 3. The molecule has 0 unspecified atom stereocenters. The maximum atomic E-state index is 13.7. The third kappa shape index (κ3) is 9.64. The Morgan fingerprint density at radius 3 is 2.54 bits per heavy atom. The molecule has 2 aromatic rings. The van der Waals surface area contributed by atoms with E-state index in [1.807, 2.05) is 12.1 Å². The fourth-order valence-corrected chi connectivity index (χ4v) is 6.96. The number of aryl methyl sites for hydroxylation is 1. The summed E-state index contributed by atoms with van der Waals surface area (Å²) in [5.74, 6) is -0.219. The maximum Gasteiger partial charge on any atom is 0.243 e. The van der Waals surface area contributed by atoms with Crippen molar-refractivity contribution in [3.8, 4) is 0 Å². The predicted molar refractivity (Wildman–Crippen MR) is 166 cm³/mol. The van der Waals surface area contributed by atoms with Gasteiger partial charge in [0.25, 0.3) is 0 Å². The normalized spacial score (nSPS) is 18.3. The lowest BCUT2D eigenvalue weighted by atomic mass is 9.83. The molecule has 2 aliphatic rings. The molecule has 1 aromatic heterocycles. The average molecular weight is 582 g/mol. The van der Waals surface area contributed by atoms with E-state index in [4.69, 9.17) is 4.98 Å². The number of nitrogens with zero attached hydrogens (tertiary/aromatic N) is 2. The Balaban J connectivity index is 1.40. The SMILES string of the molecule is CCC(=O)N[C@@H](Cc1nc2ccc(CC)cc2s1)C(=O)N[C@H](CNC(=O)/C=C/CN1CCCCC1)C1CCCCC1. The fourth-order valence-electron chi connectivity index (χ4n) is 5.88. The van der Waals surface area contributed by atoms with Crippen molar-refractivity contribution >= 4 is 39.3 Å². The third-order valence-electron chi connectivity index (χ3n) is 8.38. The molecule has 224 valence electrons. The van der Waals surface area contributed by atoms with Crippen molar-refractivity contribution < 1.29 is 14.4 Å². The van der Waals surface area contributed by atoms with E-state index in [0.29, 0.717) is 25.3 Å². The van der Waals surface area contributed by atoms with Gasteiger partial charge in [-0.15, -0.1) is 11.3 Å². The minimum absolute atomic E-state index is 0.131. The zero-order valence-electron chi connectivity index (χ0n) is 24.8. The summed E-state index contributed by atoms with van der Waals surface area (Å²) >= 11 is 1.58. The van der Waals surface area contributed by atoms with Crippen LogP contribution in [-0.4, -0.2) is 65.9 Å². The lowest BCUT2D eigenvalue weighted by molar-refractivity contribution is -0.129. The molecule has 2 fully saturated rings. The number of likely N-dealkylation sites (tertiary alicyclic amines) is 1. The first-order valence-corrected chi connectivity index (χ1v) is 16.4. The Bertz CT molecular complexity index is 1180. The van der Waals surface area contributed by atoms with Crippen LogP contribution in [0.25, 0.3) is 10.2 Å². The van der Waals surface area contributed by atoms with Crippen molar-refractivity contribution in [2.45, 2.75) is 96.6 Å².